The Morgan fingerprint density at radius 2 is 1.69 bits per heavy atom. The summed E-state index contributed by atoms with van der Waals surface area (Å²) in [7, 11) is 0. The van der Waals surface area contributed by atoms with Gasteiger partial charge in [0, 0.05) is 6.42 Å². The SMILES string of the molecule is CCc1ccc(CC(O)(CC)C2CC2)cc1. The second kappa shape index (κ2) is 4.58. The molecule has 1 heteroatoms. The monoisotopic (exact) mass is 218 g/mol. The molecule has 1 saturated carbocycles. The Balaban J connectivity index is 2.06. The molecule has 1 aliphatic carbocycles. The number of rotatable bonds is 5. The average Bonchev–Trinajstić information content (AvgIpc) is 3.14. The van der Waals surface area contributed by atoms with Gasteiger partial charge in [-0.2, -0.15) is 0 Å². The minimum atomic E-state index is -0.451. The normalized spacial score (nSPS) is 19.4. The smallest absolute Gasteiger partial charge is 0.0713 e. The van der Waals surface area contributed by atoms with Crippen molar-refractivity contribution < 1.29 is 5.11 Å². The quantitative estimate of drug-likeness (QED) is 0.803. The van der Waals surface area contributed by atoms with Gasteiger partial charge in [0.05, 0.1) is 5.60 Å². The molecule has 1 N–H and O–H groups in total. The Hall–Kier alpha value is -0.820. The second-order valence-electron chi connectivity index (χ2n) is 5.08. The maximum Gasteiger partial charge on any atom is 0.0713 e. The Labute approximate surface area is 98.5 Å². The van der Waals surface area contributed by atoms with Crippen molar-refractivity contribution in [2.45, 2.75) is 51.6 Å². The zero-order valence-corrected chi connectivity index (χ0v) is 10.4. The van der Waals surface area contributed by atoms with Gasteiger partial charge in [-0.25, -0.2) is 0 Å². The molecule has 0 radical (unpaired) electrons. The van der Waals surface area contributed by atoms with Crippen LogP contribution in [0.3, 0.4) is 0 Å². The van der Waals surface area contributed by atoms with Gasteiger partial charge in [0.25, 0.3) is 0 Å². The van der Waals surface area contributed by atoms with Gasteiger partial charge in [0.1, 0.15) is 0 Å². The van der Waals surface area contributed by atoms with Crippen LogP contribution in [0.1, 0.15) is 44.2 Å². The largest absolute Gasteiger partial charge is 0.389 e. The van der Waals surface area contributed by atoms with Crippen LogP contribution in [0, 0.1) is 5.92 Å². The lowest BCUT2D eigenvalue weighted by molar-refractivity contribution is 0.0139. The first-order valence-electron chi connectivity index (χ1n) is 6.48. The Bertz CT molecular complexity index is 337. The number of aliphatic hydroxyl groups is 1. The van der Waals surface area contributed by atoms with E-state index < -0.39 is 5.60 Å². The highest BCUT2D eigenvalue weighted by Crippen LogP contribution is 2.43. The molecule has 2 rings (SSSR count). The maximum absolute atomic E-state index is 10.5. The minimum absolute atomic E-state index is 0.451. The van der Waals surface area contributed by atoms with Gasteiger partial charge in [0.2, 0.25) is 0 Å². The number of hydrogen-bond acceptors (Lipinski definition) is 1. The molecule has 1 aliphatic rings. The van der Waals surface area contributed by atoms with Crippen LogP contribution in [0.2, 0.25) is 0 Å². The molecule has 1 aromatic rings. The first-order chi connectivity index (χ1) is 7.68. The van der Waals surface area contributed by atoms with Crippen LogP contribution in [-0.2, 0) is 12.8 Å². The molecule has 0 heterocycles. The van der Waals surface area contributed by atoms with E-state index in [1.807, 2.05) is 0 Å². The van der Waals surface area contributed by atoms with Crippen molar-refractivity contribution in [3.63, 3.8) is 0 Å². The molecular weight excluding hydrogens is 196 g/mol. The lowest BCUT2D eigenvalue weighted by atomic mass is 9.87. The molecule has 1 nitrogen and oxygen atoms in total. The first kappa shape index (κ1) is 11.7. The van der Waals surface area contributed by atoms with E-state index in [4.69, 9.17) is 0 Å². The highest BCUT2D eigenvalue weighted by molar-refractivity contribution is 5.24. The van der Waals surface area contributed by atoms with Crippen LogP contribution >= 0.6 is 0 Å². The van der Waals surface area contributed by atoms with E-state index in [0.717, 1.165) is 19.3 Å². The van der Waals surface area contributed by atoms with Crippen molar-refractivity contribution in [3.8, 4) is 0 Å². The van der Waals surface area contributed by atoms with Crippen LogP contribution in [0.5, 0.6) is 0 Å². The molecule has 0 bridgehead atoms. The number of hydrogen-bond donors (Lipinski definition) is 1. The minimum Gasteiger partial charge on any atom is -0.389 e. The molecule has 0 aromatic heterocycles. The van der Waals surface area contributed by atoms with Crippen molar-refractivity contribution in [2.24, 2.45) is 5.92 Å². The van der Waals surface area contributed by atoms with Gasteiger partial charge < -0.3 is 5.11 Å². The molecule has 88 valence electrons. The second-order valence-corrected chi connectivity index (χ2v) is 5.08. The maximum atomic E-state index is 10.5. The van der Waals surface area contributed by atoms with Crippen LogP contribution in [-0.4, -0.2) is 10.7 Å². The lowest BCUT2D eigenvalue weighted by Gasteiger charge is -2.27. The molecule has 1 unspecified atom stereocenters. The number of benzene rings is 1. The fourth-order valence-electron chi connectivity index (χ4n) is 2.42. The summed E-state index contributed by atoms with van der Waals surface area (Å²) in [4.78, 5) is 0. The molecule has 1 atom stereocenters. The highest BCUT2D eigenvalue weighted by Gasteiger charge is 2.42. The molecule has 16 heavy (non-hydrogen) atoms. The summed E-state index contributed by atoms with van der Waals surface area (Å²) in [5.41, 5.74) is 2.19. The van der Waals surface area contributed by atoms with Gasteiger partial charge in [-0.3, -0.25) is 0 Å². The third-order valence-corrected chi connectivity index (χ3v) is 3.89. The molecule has 0 aliphatic heterocycles. The van der Waals surface area contributed by atoms with Crippen molar-refractivity contribution in [3.05, 3.63) is 35.4 Å². The molecule has 0 spiro atoms. The molecule has 1 fully saturated rings. The van der Waals surface area contributed by atoms with Gasteiger partial charge >= 0.3 is 0 Å². The summed E-state index contributed by atoms with van der Waals surface area (Å²) in [6.07, 6.45) is 5.18. The molecule has 0 saturated heterocycles. The van der Waals surface area contributed by atoms with E-state index in [-0.39, 0.29) is 0 Å². The van der Waals surface area contributed by atoms with E-state index in [1.165, 1.54) is 24.0 Å². The van der Waals surface area contributed by atoms with Crippen LogP contribution in [0.4, 0.5) is 0 Å². The van der Waals surface area contributed by atoms with Crippen LogP contribution in [0.15, 0.2) is 24.3 Å². The summed E-state index contributed by atoms with van der Waals surface area (Å²) in [5.74, 6) is 0.545. The Morgan fingerprint density at radius 3 is 2.12 bits per heavy atom. The summed E-state index contributed by atoms with van der Waals surface area (Å²) in [6, 6.07) is 8.69. The Morgan fingerprint density at radius 1 is 1.12 bits per heavy atom. The van der Waals surface area contributed by atoms with Crippen LogP contribution < -0.4 is 0 Å². The zero-order valence-electron chi connectivity index (χ0n) is 10.4. The van der Waals surface area contributed by atoms with Gasteiger partial charge in [-0.15, -0.1) is 0 Å². The predicted molar refractivity (Wildman–Crippen MR) is 67.5 cm³/mol. The highest BCUT2D eigenvalue weighted by atomic mass is 16.3. The van der Waals surface area contributed by atoms with Crippen molar-refractivity contribution in [1.29, 1.82) is 0 Å². The van der Waals surface area contributed by atoms with E-state index in [0.29, 0.717) is 5.92 Å². The third kappa shape index (κ3) is 2.46. The summed E-state index contributed by atoms with van der Waals surface area (Å²) < 4.78 is 0. The fourth-order valence-corrected chi connectivity index (χ4v) is 2.42. The predicted octanol–water partition coefficient (Wildman–Crippen LogP) is 3.34. The molecular formula is C15H22O. The Kier molecular flexibility index (Phi) is 3.34. The average molecular weight is 218 g/mol. The van der Waals surface area contributed by atoms with E-state index in [9.17, 15) is 5.11 Å². The van der Waals surface area contributed by atoms with Crippen molar-refractivity contribution in [2.75, 3.05) is 0 Å². The van der Waals surface area contributed by atoms with Crippen molar-refractivity contribution >= 4 is 0 Å². The third-order valence-electron chi connectivity index (χ3n) is 3.89. The van der Waals surface area contributed by atoms with Crippen molar-refractivity contribution in [1.82, 2.24) is 0 Å². The van der Waals surface area contributed by atoms with E-state index in [2.05, 4.69) is 38.1 Å². The van der Waals surface area contributed by atoms with E-state index in [1.54, 1.807) is 0 Å². The van der Waals surface area contributed by atoms with Crippen LogP contribution in [0.25, 0.3) is 0 Å². The summed E-state index contributed by atoms with van der Waals surface area (Å²) >= 11 is 0. The lowest BCUT2D eigenvalue weighted by Crippen LogP contribution is -2.33. The standard InChI is InChI=1S/C15H22O/c1-3-12-5-7-13(8-6-12)11-15(16,4-2)14-9-10-14/h5-8,14,16H,3-4,9-11H2,1-2H3. The molecule has 0 amide bonds. The van der Waals surface area contributed by atoms with Gasteiger partial charge in [-0.05, 0) is 42.7 Å². The zero-order chi connectivity index (χ0) is 11.6. The summed E-state index contributed by atoms with van der Waals surface area (Å²) in [6.45, 7) is 4.26. The van der Waals surface area contributed by atoms with E-state index >= 15 is 0 Å². The topological polar surface area (TPSA) is 20.2 Å². The van der Waals surface area contributed by atoms with Gasteiger partial charge in [0.15, 0.2) is 0 Å². The first-order valence-corrected chi connectivity index (χ1v) is 6.48. The molecule has 1 aromatic carbocycles. The number of aryl methyl sites for hydroxylation is 1. The van der Waals surface area contributed by atoms with Gasteiger partial charge in [-0.1, -0.05) is 38.1 Å². The summed E-state index contributed by atoms with van der Waals surface area (Å²) in [5, 5.41) is 10.5. The fraction of sp³-hybridized carbons (Fsp3) is 0.600.